The monoisotopic (exact) mass is 372 g/mol. The number of rotatable bonds is 6. The largest absolute Gasteiger partial charge is 0.495 e. The van der Waals surface area contributed by atoms with Crippen LogP contribution in [0.4, 0.5) is 11.4 Å². The molecule has 0 radical (unpaired) electrons. The highest BCUT2D eigenvalue weighted by atomic mass is 35.5. The van der Waals surface area contributed by atoms with E-state index < -0.39 is 0 Å². The Hall–Kier alpha value is -1.62. The van der Waals surface area contributed by atoms with Crippen molar-refractivity contribution in [2.45, 2.75) is 6.42 Å². The first-order valence-electron chi connectivity index (χ1n) is 6.82. The molecule has 0 aliphatic heterocycles. The van der Waals surface area contributed by atoms with Crippen LogP contribution in [0.5, 0.6) is 5.75 Å². The van der Waals surface area contributed by atoms with Crippen LogP contribution in [0, 0.1) is 0 Å². The quantitative estimate of drug-likeness (QED) is 0.741. The van der Waals surface area contributed by atoms with E-state index in [1.807, 2.05) is 0 Å². The zero-order valence-electron chi connectivity index (χ0n) is 12.3. The van der Waals surface area contributed by atoms with Gasteiger partial charge in [0.05, 0.1) is 22.8 Å². The van der Waals surface area contributed by atoms with Crippen molar-refractivity contribution in [2.24, 2.45) is 0 Å². The lowest BCUT2D eigenvalue weighted by Gasteiger charge is -2.11. The van der Waals surface area contributed by atoms with Crippen LogP contribution in [-0.4, -0.2) is 19.6 Å². The Balaban J connectivity index is 1.87. The second-order valence-electron chi connectivity index (χ2n) is 4.70. The summed E-state index contributed by atoms with van der Waals surface area (Å²) in [6, 6.07) is 10.2. The lowest BCUT2D eigenvalue weighted by Crippen LogP contribution is -2.16. The average Bonchev–Trinajstić information content (AvgIpc) is 2.51. The zero-order valence-corrected chi connectivity index (χ0v) is 14.6. The van der Waals surface area contributed by atoms with Gasteiger partial charge in [0, 0.05) is 23.7 Å². The number of benzene rings is 2. The molecule has 0 aliphatic rings. The van der Waals surface area contributed by atoms with Crippen LogP contribution in [0.1, 0.15) is 6.42 Å². The van der Waals surface area contributed by atoms with Crippen LogP contribution in [0.3, 0.4) is 0 Å². The molecule has 4 nitrogen and oxygen atoms in total. The summed E-state index contributed by atoms with van der Waals surface area (Å²) in [7, 11) is 1.57. The van der Waals surface area contributed by atoms with E-state index in [1.165, 1.54) is 0 Å². The van der Waals surface area contributed by atoms with Crippen molar-refractivity contribution >= 4 is 52.1 Å². The van der Waals surface area contributed by atoms with Gasteiger partial charge in [0.1, 0.15) is 5.75 Å². The van der Waals surface area contributed by atoms with Crippen molar-refractivity contribution in [2.75, 3.05) is 24.3 Å². The summed E-state index contributed by atoms with van der Waals surface area (Å²) >= 11 is 17.7. The molecule has 0 bridgehead atoms. The van der Waals surface area contributed by atoms with E-state index in [-0.39, 0.29) is 12.3 Å². The summed E-state index contributed by atoms with van der Waals surface area (Å²) < 4.78 is 5.23. The summed E-state index contributed by atoms with van der Waals surface area (Å²) in [5.74, 6) is 0.524. The third-order valence-electron chi connectivity index (χ3n) is 3.03. The minimum Gasteiger partial charge on any atom is -0.495 e. The maximum Gasteiger partial charge on any atom is 0.226 e. The van der Waals surface area contributed by atoms with Crippen molar-refractivity contribution in [1.82, 2.24) is 0 Å². The van der Waals surface area contributed by atoms with Crippen LogP contribution in [0.15, 0.2) is 36.4 Å². The fraction of sp³-hybridized carbons (Fsp3) is 0.188. The molecule has 122 valence electrons. The molecule has 23 heavy (non-hydrogen) atoms. The van der Waals surface area contributed by atoms with Gasteiger partial charge >= 0.3 is 0 Å². The SMILES string of the molecule is COc1ccc(Cl)cc1NCCC(=O)Nc1ccc(Cl)c(Cl)c1. The van der Waals surface area contributed by atoms with Crippen LogP contribution >= 0.6 is 34.8 Å². The number of anilines is 2. The minimum atomic E-state index is -0.142. The zero-order chi connectivity index (χ0) is 16.8. The lowest BCUT2D eigenvalue weighted by atomic mass is 10.2. The molecule has 0 aromatic heterocycles. The molecule has 0 spiro atoms. The van der Waals surface area contributed by atoms with Gasteiger partial charge in [-0.3, -0.25) is 4.79 Å². The second kappa shape index (κ2) is 8.29. The average molecular weight is 374 g/mol. The number of nitrogens with one attached hydrogen (secondary N) is 2. The fourth-order valence-electron chi connectivity index (χ4n) is 1.93. The predicted molar refractivity (Wildman–Crippen MR) is 96.2 cm³/mol. The normalized spacial score (nSPS) is 10.3. The molecule has 0 heterocycles. The van der Waals surface area contributed by atoms with Gasteiger partial charge in [0.15, 0.2) is 0 Å². The molecule has 0 saturated heterocycles. The molecule has 1 amide bonds. The smallest absolute Gasteiger partial charge is 0.226 e. The van der Waals surface area contributed by atoms with Gasteiger partial charge < -0.3 is 15.4 Å². The first-order valence-corrected chi connectivity index (χ1v) is 7.95. The molecule has 2 aromatic carbocycles. The van der Waals surface area contributed by atoms with Crippen molar-refractivity contribution in [3.05, 3.63) is 51.5 Å². The number of methoxy groups -OCH3 is 1. The third-order valence-corrected chi connectivity index (χ3v) is 4.01. The van der Waals surface area contributed by atoms with Crippen molar-refractivity contribution in [3.8, 4) is 5.75 Å². The first-order chi connectivity index (χ1) is 11.0. The van der Waals surface area contributed by atoms with Gasteiger partial charge in [-0.05, 0) is 36.4 Å². The summed E-state index contributed by atoms with van der Waals surface area (Å²) in [4.78, 5) is 11.9. The van der Waals surface area contributed by atoms with Gasteiger partial charge in [0.25, 0.3) is 0 Å². The minimum absolute atomic E-state index is 0.142. The molecule has 7 heteroatoms. The first kappa shape index (κ1) is 17.7. The summed E-state index contributed by atoms with van der Waals surface area (Å²) in [5, 5.41) is 7.31. The molecular weight excluding hydrogens is 359 g/mol. The molecule has 0 saturated carbocycles. The molecule has 2 rings (SSSR count). The van der Waals surface area contributed by atoms with E-state index in [1.54, 1.807) is 43.5 Å². The van der Waals surface area contributed by atoms with Gasteiger partial charge in [-0.2, -0.15) is 0 Å². The number of hydrogen-bond acceptors (Lipinski definition) is 3. The Morgan fingerprint density at radius 2 is 1.87 bits per heavy atom. The molecule has 0 atom stereocenters. The second-order valence-corrected chi connectivity index (χ2v) is 5.95. The summed E-state index contributed by atoms with van der Waals surface area (Å²) in [5.41, 5.74) is 1.34. The molecule has 2 N–H and O–H groups in total. The fourth-order valence-corrected chi connectivity index (χ4v) is 2.40. The number of amides is 1. The van der Waals surface area contributed by atoms with Gasteiger partial charge in [0.2, 0.25) is 5.91 Å². The number of halogens is 3. The molecule has 0 unspecified atom stereocenters. The molecule has 2 aromatic rings. The van der Waals surface area contributed by atoms with Crippen LogP contribution in [0.25, 0.3) is 0 Å². The topological polar surface area (TPSA) is 50.4 Å². The van der Waals surface area contributed by atoms with E-state index in [0.29, 0.717) is 33.0 Å². The molecule has 0 fully saturated rings. The van der Waals surface area contributed by atoms with Crippen molar-refractivity contribution in [1.29, 1.82) is 0 Å². The number of carbonyl (C=O) groups is 1. The standard InChI is InChI=1S/C16H15Cl3N2O2/c1-23-15-5-2-10(17)8-14(15)20-7-6-16(22)21-11-3-4-12(18)13(19)9-11/h2-5,8-9,20H,6-7H2,1H3,(H,21,22). The lowest BCUT2D eigenvalue weighted by molar-refractivity contribution is -0.115. The summed E-state index contributed by atoms with van der Waals surface area (Å²) in [6.07, 6.45) is 0.274. The Labute approximate surface area is 149 Å². The van der Waals surface area contributed by atoms with Crippen molar-refractivity contribution in [3.63, 3.8) is 0 Å². The Morgan fingerprint density at radius 3 is 2.57 bits per heavy atom. The Bertz CT molecular complexity index is 708. The van der Waals surface area contributed by atoms with Crippen LogP contribution in [0.2, 0.25) is 15.1 Å². The van der Waals surface area contributed by atoms with E-state index in [0.717, 1.165) is 5.69 Å². The predicted octanol–water partition coefficient (Wildman–Crippen LogP) is 5.10. The summed E-state index contributed by atoms with van der Waals surface area (Å²) in [6.45, 7) is 0.434. The Morgan fingerprint density at radius 1 is 1.09 bits per heavy atom. The van der Waals surface area contributed by atoms with E-state index in [4.69, 9.17) is 39.5 Å². The Kier molecular flexibility index (Phi) is 6.39. The third kappa shape index (κ3) is 5.20. The number of ether oxygens (including phenoxy) is 1. The highest BCUT2D eigenvalue weighted by molar-refractivity contribution is 6.42. The van der Waals surface area contributed by atoms with E-state index in [2.05, 4.69) is 10.6 Å². The maximum atomic E-state index is 11.9. The molecular formula is C16H15Cl3N2O2. The van der Waals surface area contributed by atoms with E-state index in [9.17, 15) is 4.79 Å². The maximum absolute atomic E-state index is 11.9. The number of hydrogen-bond donors (Lipinski definition) is 2. The van der Waals surface area contributed by atoms with E-state index >= 15 is 0 Å². The van der Waals surface area contributed by atoms with Gasteiger partial charge in [-0.15, -0.1) is 0 Å². The highest BCUT2D eigenvalue weighted by Gasteiger charge is 2.07. The highest BCUT2D eigenvalue weighted by Crippen LogP contribution is 2.28. The van der Waals surface area contributed by atoms with Gasteiger partial charge in [-0.25, -0.2) is 0 Å². The number of carbonyl (C=O) groups excluding carboxylic acids is 1. The molecule has 0 aliphatic carbocycles. The van der Waals surface area contributed by atoms with Crippen LogP contribution in [-0.2, 0) is 4.79 Å². The van der Waals surface area contributed by atoms with Crippen LogP contribution < -0.4 is 15.4 Å². The van der Waals surface area contributed by atoms with Gasteiger partial charge in [-0.1, -0.05) is 34.8 Å². The van der Waals surface area contributed by atoms with Crippen molar-refractivity contribution < 1.29 is 9.53 Å².